The van der Waals surface area contributed by atoms with Gasteiger partial charge in [-0.2, -0.15) is 0 Å². The Bertz CT molecular complexity index is 145. The van der Waals surface area contributed by atoms with Crippen molar-refractivity contribution in [3.63, 3.8) is 0 Å². The lowest BCUT2D eigenvalue weighted by Crippen LogP contribution is -2.31. The van der Waals surface area contributed by atoms with Crippen LogP contribution in [0, 0.1) is 0 Å². The first-order valence-corrected chi connectivity index (χ1v) is 6.11. The molecule has 0 spiro atoms. The normalized spacial score (nSPS) is 13.3. The second-order valence-electron chi connectivity index (χ2n) is 4.23. The third kappa shape index (κ3) is 10.4. The van der Waals surface area contributed by atoms with Crippen LogP contribution >= 0.6 is 0 Å². The third-order valence-corrected chi connectivity index (χ3v) is 2.71. The van der Waals surface area contributed by atoms with Crippen molar-refractivity contribution in [1.82, 2.24) is 10.2 Å². The van der Waals surface area contributed by atoms with Crippen LogP contribution in [0.3, 0.4) is 0 Å². The van der Waals surface area contributed by atoms with Gasteiger partial charge in [0.05, 0.1) is 12.7 Å². The summed E-state index contributed by atoms with van der Waals surface area (Å²) in [7, 11) is 5.66. The lowest BCUT2D eigenvalue weighted by atomic mass is 10.2. The van der Waals surface area contributed by atoms with Crippen molar-refractivity contribution in [2.45, 2.75) is 25.9 Å². The summed E-state index contributed by atoms with van der Waals surface area (Å²) in [6.45, 7) is 7.09. The van der Waals surface area contributed by atoms with Crippen molar-refractivity contribution in [2.24, 2.45) is 0 Å². The zero-order chi connectivity index (χ0) is 12.2. The zero-order valence-corrected chi connectivity index (χ0v) is 11.3. The Morgan fingerprint density at radius 3 is 2.56 bits per heavy atom. The molecule has 1 unspecified atom stereocenters. The molecule has 16 heavy (non-hydrogen) atoms. The molecule has 0 heterocycles. The summed E-state index contributed by atoms with van der Waals surface area (Å²) in [5.74, 6) is 0. The maximum atomic E-state index is 5.21. The summed E-state index contributed by atoms with van der Waals surface area (Å²) in [6.07, 6.45) is 2.72. The second-order valence-corrected chi connectivity index (χ2v) is 4.23. The highest BCUT2D eigenvalue weighted by Gasteiger charge is 2.01. The Morgan fingerprint density at radius 2 is 1.94 bits per heavy atom. The molecule has 1 N–H and O–H groups in total. The molecule has 0 aromatic rings. The lowest BCUT2D eigenvalue weighted by molar-refractivity contribution is 0.106. The van der Waals surface area contributed by atoms with Crippen LogP contribution in [0.15, 0.2) is 0 Å². The van der Waals surface area contributed by atoms with Crippen molar-refractivity contribution < 1.29 is 9.47 Å². The first-order chi connectivity index (χ1) is 7.70. The van der Waals surface area contributed by atoms with Gasteiger partial charge in [0.25, 0.3) is 0 Å². The van der Waals surface area contributed by atoms with E-state index in [4.69, 9.17) is 9.47 Å². The molecule has 0 saturated carbocycles. The fraction of sp³-hybridized carbons (Fsp3) is 1.00. The van der Waals surface area contributed by atoms with Crippen LogP contribution in [0.2, 0.25) is 0 Å². The van der Waals surface area contributed by atoms with Gasteiger partial charge in [0, 0.05) is 33.9 Å². The molecule has 0 fully saturated rings. The van der Waals surface area contributed by atoms with Crippen LogP contribution in [0.5, 0.6) is 0 Å². The first-order valence-electron chi connectivity index (χ1n) is 6.11. The number of ether oxygens (including phenoxy) is 2. The van der Waals surface area contributed by atoms with Crippen LogP contribution in [-0.4, -0.2) is 65.1 Å². The molecule has 4 nitrogen and oxygen atoms in total. The van der Waals surface area contributed by atoms with E-state index in [1.54, 1.807) is 14.2 Å². The first kappa shape index (κ1) is 15.8. The molecule has 0 radical (unpaired) electrons. The van der Waals surface area contributed by atoms with Gasteiger partial charge in [0.15, 0.2) is 0 Å². The molecule has 98 valence electrons. The molecular formula is C12H28N2O2. The molecule has 0 aliphatic heterocycles. The maximum Gasteiger partial charge on any atom is 0.0587 e. The Kier molecular flexibility index (Phi) is 11.2. The van der Waals surface area contributed by atoms with Gasteiger partial charge in [0.1, 0.15) is 0 Å². The fourth-order valence-electron chi connectivity index (χ4n) is 1.45. The molecule has 0 aliphatic carbocycles. The van der Waals surface area contributed by atoms with Gasteiger partial charge in [-0.3, -0.25) is 0 Å². The topological polar surface area (TPSA) is 33.7 Å². The number of nitrogens with one attached hydrogen (secondary N) is 1. The van der Waals surface area contributed by atoms with E-state index in [0.29, 0.717) is 6.10 Å². The van der Waals surface area contributed by atoms with E-state index in [0.717, 1.165) is 39.2 Å². The molecule has 0 aromatic heterocycles. The van der Waals surface area contributed by atoms with Crippen LogP contribution in [0.4, 0.5) is 0 Å². The average Bonchev–Trinajstić information content (AvgIpc) is 2.28. The highest BCUT2D eigenvalue weighted by molar-refractivity contribution is 4.57. The number of hydrogen-bond acceptors (Lipinski definition) is 4. The van der Waals surface area contributed by atoms with Gasteiger partial charge >= 0.3 is 0 Å². The monoisotopic (exact) mass is 232 g/mol. The van der Waals surface area contributed by atoms with Crippen molar-refractivity contribution in [3.05, 3.63) is 0 Å². The van der Waals surface area contributed by atoms with E-state index in [-0.39, 0.29) is 0 Å². The Morgan fingerprint density at radius 1 is 1.19 bits per heavy atom. The lowest BCUT2D eigenvalue weighted by Gasteiger charge is -2.17. The molecule has 1 atom stereocenters. The number of hydrogen-bond donors (Lipinski definition) is 1. The molecule has 0 aromatic carbocycles. The summed E-state index contributed by atoms with van der Waals surface area (Å²) >= 11 is 0. The van der Waals surface area contributed by atoms with Crippen LogP contribution < -0.4 is 5.32 Å². The number of nitrogens with zero attached hydrogens (tertiary/aromatic N) is 1. The minimum absolute atomic E-state index is 0.383. The fourth-order valence-corrected chi connectivity index (χ4v) is 1.45. The predicted octanol–water partition coefficient (Wildman–Crippen LogP) is 0.969. The highest BCUT2D eigenvalue weighted by atomic mass is 16.5. The smallest absolute Gasteiger partial charge is 0.0587 e. The number of methoxy groups -OCH3 is 2. The molecule has 0 saturated heterocycles. The Labute approximate surface area is 100 Å². The van der Waals surface area contributed by atoms with E-state index in [1.807, 2.05) is 0 Å². The third-order valence-electron chi connectivity index (χ3n) is 2.71. The van der Waals surface area contributed by atoms with Crippen molar-refractivity contribution >= 4 is 0 Å². The van der Waals surface area contributed by atoms with E-state index in [1.165, 1.54) is 6.42 Å². The zero-order valence-electron chi connectivity index (χ0n) is 11.3. The molecule has 4 heteroatoms. The van der Waals surface area contributed by atoms with E-state index in [2.05, 4.69) is 24.2 Å². The van der Waals surface area contributed by atoms with Gasteiger partial charge in [-0.15, -0.1) is 0 Å². The Balaban J connectivity index is 3.21. The van der Waals surface area contributed by atoms with Crippen molar-refractivity contribution in [1.29, 1.82) is 0 Å². The predicted molar refractivity (Wildman–Crippen MR) is 67.9 cm³/mol. The largest absolute Gasteiger partial charge is 0.383 e. The summed E-state index contributed by atoms with van der Waals surface area (Å²) < 4.78 is 10.2. The van der Waals surface area contributed by atoms with Gasteiger partial charge in [-0.1, -0.05) is 0 Å². The summed E-state index contributed by atoms with van der Waals surface area (Å²) in [4.78, 5) is 2.35. The van der Waals surface area contributed by atoms with Crippen molar-refractivity contribution in [3.8, 4) is 0 Å². The standard InChI is InChI=1S/C12H28N2O2/c1-12(16-4)6-5-9-14(2)10-7-13-8-11-15-3/h12-13H,5-11H2,1-4H3. The summed E-state index contributed by atoms with van der Waals surface area (Å²) in [5.41, 5.74) is 0. The Hall–Kier alpha value is -0.160. The molecular weight excluding hydrogens is 204 g/mol. The minimum Gasteiger partial charge on any atom is -0.383 e. The van der Waals surface area contributed by atoms with E-state index >= 15 is 0 Å². The molecule has 0 bridgehead atoms. The molecule has 0 amide bonds. The quantitative estimate of drug-likeness (QED) is 0.538. The van der Waals surface area contributed by atoms with Gasteiger partial charge in [-0.05, 0) is 33.4 Å². The van der Waals surface area contributed by atoms with E-state index < -0.39 is 0 Å². The van der Waals surface area contributed by atoms with Gasteiger partial charge in [0.2, 0.25) is 0 Å². The molecule has 0 aliphatic rings. The maximum absolute atomic E-state index is 5.21. The highest BCUT2D eigenvalue weighted by Crippen LogP contribution is 2.00. The van der Waals surface area contributed by atoms with Gasteiger partial charge < -0.3 is 19.7 Å². The summed E-state index contributed by atoms with van der Waals surface area (Å²) in [5, 5.41) is 3.34. The van der Waals surface area contributed by atoms with Crippen LogP contribution in [-0.2, 0) is 9.47 Å². The van der Waals surface area contributed by atoms with Crippen molar-refractivity contribution in [2.75, 3.05) is 54.1 Å². The second kappa shape index (κ2) is 11.3. The summed E-state index contributed by atoms with van der Waals surface area (Å²) in [6, 6.07) is 0. The number of rotatable bonds is 11. The SMILES string of the molecule is COCCNCCN(C)CCCC(C)OC. The average molecular weight is 232 g/mol. The van der Waals surface area contributed by atoms with E-state index in [9.17, 15) is 0 Å². The minimum atomic E-state index is 0.383. The number of likely N-dealkylation sites (N-methyl/N-ethyl adjacent to an activating group) is 1. The molecule has 0 rings (SSSR count). The van der Waals surface area contributed by atoms with Crippen LogP contribution in [0.1, 0.15) is 19.8 Å². The van der Waals surface area contributed by atoms with Gasteiger partial charge in [-0.25, -0.2) is 0 Å². The van der Waals surface area contributed by atoms with Crippen LogP contribution in [0.25, 0.3) is 0 Å².